The van der Waals surface area contributed by atoms with Crippen LogP contribution in [-0.2, 0) is 4.79 Å². The Bertz CT molecular complexity index is 1270. The number of anilines is 1. The summed E-state index contributed by atoms with van der Waals surface area (Å²) in [7, 11) is 0. The molecule has 4 rings (SSSR count). The van der Waals surface area contributed by atoms with Crippen molar-refractivity contribution in [3.05, 3.63) is 70.1 Å². The third kappa shape index (κ3) is 4.89. The fourth-order valence-corrected chi connectivity index (χ4v) is 3.65. The van der Waals surface area contributed by atoms with Gasteiger partial charge in [-0.1, -0.05) is 23.4 Å². The Hall–Kier alpha value is -3.30. The molecule has 0 aliphatic carbocycles. The number of aromatic nitrogens is 4. The van der Waals surface area contributed by atoms with Gasteiger partial charge in [-0.2, -0.15) is 5.10 Å². The average Bonchev–Trinajstić information content (AvgIpc) is 3.19. The normalized spacial score (nSPS) is 10.9. The van der Waals surface area contributed by atoms with Crippen molar-refractivity contribution in [3.8, 4) is 11.4 Å². The van der Waals surface area contributed by atoms with E-state index in [2.05, 4.69) is 20.4 Å². The topological polar surface area (TPSA) is 102 Å². The highest BCUT2D eigenvalue weighted by atomic mass is 35.5. The summed E-state index contributed by atoms with van der Waals surface area (Å²) in [6.07, 6.45) is 1.46. The lowest BCUT2D eigenvalue weighted by molar-refractivity contribution is -0.113. The first-order valence-corrected chi connectivity index (χ1v) is 10.8. The van der Waals surface area contributed by atoms with Crippen LogP contribution in [0.3, 0.4) is 0 Å². The number of nitrogens with one attached hydrogen (secondary N) is 2. The maximum Gasteiger partial charge on any atom is 0.262 e. The van der Waals surface area contributed by atoms with E-state index in [1.165, 1.54) is 6.20 Å². The van der Waals surface area contributed by atoms with Crippen molar-refractivity contribution in [1.29, 1.82) is 0 Å². The Balaban J connectivity index is 1.48. The summed E-state index contributed by atoms with van der Waals surface area (Å²) in [5.41, 5.74) is 1.47. The summed E-state index contributed by atoms with van der Waals surface area (Å²) in [6.45, 7) is 2.49. The number of fused-ring (bicyclic) bond motifs is 1. The number of ether oxygens (including phenoxy) is 1. The summed E-state index contributed by atoms with van der Waals surface area (Å²) in [6, 6.07) is 14.2. The maximum atomic E-state index is 12.4. The van der Waals surface area contributed by atoms with Crippen LogP contribution >= 0.6 is 23.4 Å². The van der Waals surface area contributed by atoms with Crippen LogP contribution in [0.5, 0.6) is 5.75 Å². The van der Waals surface area contributed by atoms with Crippen molar-refractivity contribution in [2.75, 3.05) is 17.7 Å². The van der Waals surface area contributed by atoms with Crippen LogP contribution < -0.4 is 15.6 Å². The molecule has 2 N–H and O–H groups in total. The van der Waals surface area contributed by atoms with Gasteiger partial charge in [-0.3, -0.25) is 9.59 Å². The largest absolute Gasteiger partial charge is 0.494 e. The fourth-order valence-electron chi connectivity index (χ4n) is 2.87. The van der Waals surface area contributed by atoms with Gasteiger partial charge in [0.25, 0.3) is 5.56 Å². The molecular formula is C21H18ClN5O3S. The zero-order valence-electron chi connectivity index (χ0n) is 16.5. The molecule has 1 amide bonds. The predicted molar refractivity (Wildman–Crippen MR) is 121 cm³/mol. The molecule has 0 fully saturated rings. The molecule has 0 radical (unpaired) electrons. The average molecular weight is 456 g/mol. The highest BCUT2D eigenvalue weighted by Crippen LogP contribution is 2.20. The van der Waals surface area contributed by atoms with Crippen LogP contribution in [0.1, 0.15) is 6.92 Å². The molecule has 0 unspecified atom stereocenters. The summed E-state index contributed by atoms with van der Waals surface area (Å²) in [4.78, 5) is 31.9. The number of nitrogens with zero attached hydrogens (tertiary/aromatic N) is 3. The molecule has 0 saturated heterocycles. The van der Waals surface area contributed by atoms with E-state index in [1.54, 1.807) is 53.2 Å². The van der Waals surface area contributed by atoms with E-state index in [1.807, 2.05) is 6.92 Å². The third-order valence-corrected chi connectivity index (χ3v) is 5.40. The molecule has 2 heterocycles. The zero-order valence-corrected chi connectivity index (χ0v) is 18.0. The maximum absolute atomic E-state index is 12.4. The van der Waals surface area contributed by atoms with Gasteiger partial charge in [0.2, 0.25) is 5.91 Å². The van der Waals surface area contributed by atoms with Crippen molar-refractivity contribution in [3.63, 3.8) is 0 Å². The predicted octanol–water partition coefficient (Wildman–Crippen LogP) is 3.89. The van der Waals surface area contributed by atoms with Crippen LogP contribution in [0, 0.1) is 0 Å². The molecule has 0 spiro atoms. The molecule has 2 aromatic heterocycles. The van der Waals surface area contributed by atoms with Crippen LogP contribution in [0.4, 0.5) is 5.69 Å². The summed E-state index contributed by atoms with van der Waals surface area (Å²) in [5.74, 6) is 0.599. The smallest absolute Gasteiger partial charge is 0.262 e. The number of H-pyrrole nitrogens is 1. The highest BCUT2D eigenvalue weighted by molar-refractivity contribution is 7.99. The Morgan fingerprint density at radius 2 is 1.94 bits per heavy atom. The number of carbonyl (C=O) groups excluding carboxylic acids is 1. The first-order valence-electron chi connectivity index (χ1n) is 9.43. The lowest BCUT2D eigenvalue weighted by Gasteiger charge is -2.07. The number of aromatic amines is 1. The second kappa shape index (κ2) is 9.23. The van der Waals surface area contributed by atoms with Crippen molar-refractivity contribution < 1.29 is 9.53 Å². The summed E-state index contributed by atoms with van der Waals surface area (Å²) in [5, 5.41) is 8.35. The quantitative estimate of drug-likeness (QED) is 0.324. The molecule has 0 aliphatic rings. The minimum absolute atomic E-state index is 0.0801. The van der Waals surface area contributed by atoms with Gasteiger partial charge in [0.05, 0.1) is 24.2 Å². The molecule has 8 nitrogen and oxygen atoms in total. The SMILES string of the molecule is CCOc1ccc(NC(=O)CSc2nc3c(cnn3-c3ccc(Cl)cc3)c(=O)[nH]2)cc1. The van der Waals surface area contributed by atoms with E-state index in [4.69, 9.17) is 16.3 Å². The van der Waals surface area contributed by atoms with Gasteiger partial charge in [0.1, 0.15) is 11.1 Å². The molecule has 158 valence electrons. The van der Waals surface area contributed by atoms with Gasteiger partial charge in [-0.05, 0) is 55.5 Å². The van der Waals surface area contributed by atoms with Gasteiger partial charge in [0.15, 0.2) is 10.8 Å². The lowest BCUT2D eigenvalue weighted by Crippen LogP contribution is -2.15. The van der Waals surface area contributed by atoms with E-state index in [9.17, 15) is 9.59 Å². The monoisotopic (exact) mass is 455 g/mol. The zero-order chi connectivity index (χ0) is 21.8. The standard InChI is InChI=1S/C21H18ClN5O3S/c1-2-30-16-9-5-14(6-10-16)24-18(28)12-31-21-25-19-17(20(29)26-21)11-23-27(19)15-7-3-13(22)4-8-15/h3-11H,2,12H2,1H3,(H,24,28)(H,25,26,29). The number of halogens is 1. The van der Waals surface area contributed by atoms with Crippen LogP contribution in [0.25, 0.3) is 16.7 Å². The van der Waals surface area contributed by atoms with Crippen molar-refractivity contribution in [2.24, 2.45) is 0 Å². The van der Waals surface area contributed by atoms with Gasteiger partial charge < -0.3 is 15.0 Å². The summed E-state index contributed by atoms with van der Waals surface area (Å²) < 4.78 is 6.95. The third-order valence-electron chi connectivity index (χ3n) is 4.28. The number of hydrogen-bond donors (Lipinski definition) is 2. The second-order valence-electron chi connectivity index (χ2n) is 6.44. The van der Waals surface area contributed by atoms with Crippen LogP contribution in [0.2, 0.25) is 5.02 Å². The first-order chi connectivity index (χ1) is 15.0. The minimum Gasteiger partial charge on any atom is -0.494 e. The number of hydrogen-bond acceptors (Lipinski definition) is 6. The minimum atomic E-state index is -0.320. The van der Waals surface area contributed by atoms with E-state index < -0.39 is 0 Å². The van der Waals surface area contributed by atoms with Gasteiger partial charge in [-0.25, -0.2) is 9.67 Å². The Morgan fingerprint density at radius 1 is 1.19 bits per heavy atom. The van der Waals surface area contributed by atoms with Crippen molar-refractivity contribution in [1.82, 2.24) is 19.7 Å². The molecule has 4 aromatic rings. The second-order valence-corrected chi connectivity index (χ2v) is 7.84. The molecule has 0 saturated carbocycles. The molecule has 0 aliphatic heterocycles. The number of benzene rings is 2. The number of thioether (sulfide) groups is 1. The van der Waals surface area contributed by atoms with E-state index in [0.717, 1.165) is 23.2 Å². The first kappa shape index (κ1) is 21.0. The Morgan fingerprint density at radius 3 is 2.65 bits per heavy atom. The Labute approximate surface area is 186 Å². The van der Waals surface area contributed by atoms with Gasteiger partial charge in [-0.15, -0.1) is 0 Å². The Kier molecular flexibility index (Phi) is 6.24. The highest BCUT2D eigenvalue weighted by Gasteiger charge is 2.13. The van der Waals surface area contributed by atoms with Crippen LogP contribution in [-0.4, -0.2) is 38.0 Å². The molecule has 10 heteroatoms. The molecular weight excluding hydrogens is 438 g/mol. The molecule has 2 aromatic carbocycles. The number of carbonyl (C=O) groups is 1. The van der Waals surface area contributed by atoms with Crippen molar-refractivity contribution >= 4 is 46.0 Å². The molecule has 0 atom stereocenters. The van der Waals surface area contributed by atoms with Crippen LogP contribution in [0.15, 0.2) is 64.7 Å². The molecule has 31 heavy (non-hydrogen) atoms. The van der Waals surface area contributed by atoms with Crippen molar-refractivity contribution in [2.45, 2.75) is 12.1 Å². The summed E-state index contributed by atoms with van der Waals surface area (Å²) >= 11 is 7.08. The fraction of sp³-hybridized carbons (Fsp3) is 0.143. The van der Waals surface area contributed by atoms with E-state index in [-0.39, 0.29) is 17.2 Å². The lowest BCUT2D eigenvalue weighted by atomic mass is 10.3. The number of amides is 1. The van der Waals surface area contributed by atoms with Gasteiger partial charge in [0, 0.05) is 10.7 Å². The van der Waals surface area contributed by atoms with Gasteiger partial charge >= 0.3 is 0 Å². The number of rotatable bonds is 7. The molecule has 0 bridgehead atoms. The van der Waals surface area contributed by atoms with E-state index >= 15 is 0 Å². The van der Waals surface area contributed by atoms with E-state index in [0.29, 0.717) is 33.5 Å².